The number of methoxy groups -OCH3 is 1. The maximum absolute atomic E-state index is 11.8. The Kier molecular flexibility index (Phi) is 3.65. The standard InChI is InChI=1S/C15H21NO4/c1-14(2,3)20-13(17)16-11-9-10(15(18)7-8-15)5-6-12(11)19-4/h5-6,9,18H,7-8H2,1-4H3,(H,16,17). The van der Waals surface area contributed by atoms with Gasteiger partial charge in [-0.15, -0.1) is 0 Å². The van der Waals surface area contributed by atoms with Gasteiger partial charge in [0.25, 0.3) is 0 Å². The van der Waals surface area contributed by atoms with Crippen molar-refractivity contribution < 1.29 is 19.4 Å². The Morgan fingerprint density at radius 2 is 2.00 bits per heavy atom. The van der Waals surface area contributed by atoms with Gasteiger partial charge in [-0.1, -0.05) is 6.07 Å². The van der Waals surface area contributed by atoms with E-state index in [2.05, 4.69) is 5.32 Å². The summed E-state index contributed by atoms with van der Waals surface area (Å²) in [5.74, 6) is 0.531. The molecule has 0 atom stereocenters. The van der Waals surface area contributed by atoms with Crippen molar-refractivity contribution in [2.45, 2.75) is 44.8 Å². The Bertz CT molecular complexity index is 515. The van der Waals surface area contributed by atoms with Crippen LogP contribution in [0.5, 0.6) is 5.75 Å². The van der Waals surface area contributed by atoms with Crippen molar-refractivity contribution in [3.05, 3.63) is 23.8 Å². The molecule has 5 heteroatoms. The van der Waals surface area contributed by atoms with Gasteiger partial charge in [-0.2, -0.15) is 0 Å². The molecule has 0 heterocycles. The van der Waals surface area contributed by atoms with Crippen molar-refractivity contribution in [1.82, 2.24) is 0 Å². The Labute approximate surface area is 118 Å². The molecule has 1 aliphatic rings. The number of rotatable bonds is 3. The van der Waals surface area contributed by atoms with Crippen molar-refractivity contribution in [2.24, 2.45) is 0 Å². The Morgan fingerprint density at radius 1 is 1.35 bits per heavy atom. The maximum atomic E-state index is 11.8. The van der Waals surface area contributed by atoms with E-state index in [4.69, 9.17) is 9.47 Å². The number of aliphatic hydroxyl groups is 1. The third-order valence-corrected chi connectivity index (χ3v) is 3.10. The molecule has 5 nitrogen and oxygen atoms in total. The number of hydrogen-bond donors (Lipinski definition) is 2. The third-order valence-electron chi connectivity index (χ3n) is 3.10. The molecule has 1 fully saturated rings. The molecule has 0 aromatic heterocycles. The summed E-state index contributed by atoms with van der Waals surface area (Å²) in [5.41, 5.74) is -0.0378. The highest BCUT2D eigenvalue weighted by atomic mass is 16.6. The quantitative estimate of drug-likeness (QED) is 0.892. The topological polar surface area (TPSA) is 67.8 Å². The van der Waals surface area contributed by atoms with E-state index >= 15 is 0 Å². The number of anilines is 1. The van der Waals surface area contributed by atoms with Crippen LogP contribution in [0.3, 0.4) is 0 Å². The molecule has 0 aliphatic heterocycles. The first-order valence-corrected chi connectivity index (χ1v) is 6.64. The summed E-state index contributed by atoms with van der Waals surface area (Å²) < 4.78 is 10.4. The van der Waals surface area contributed by atoms with Crippen LogP contribution in [0.25, 0.3) is 0 Å². The van der Waals surface area contributed by atoms with E-state index in [1.54, 1.807) is 32.9 Å². The van der Waals surface area contributed by atoms with Crippen LogP contribution in [0.1, 0.15) is 39.2 Å². The summed E-state index contributed by atoms with van der Waals surface area (Å²) >= 11 is 0. The van der Waals surface area contributed by atoms with Gasteiger partial charge in [0.2, 0.25) is 0 Å². The molecule has 0 radical (unpaired) electrons. The fourth-order valence-electron chi connectivity index (χ4n) is 1.92. The summed E-state index contributed by atoms with van der Waals surface area (Å²) in [6, 6.07) is 5.28. The van der Waals surface area contributed by atoms with Gasteiger partial charge < -0.3 is 14.6 Å². The number of benzene rings is 1. The number of ether oxygens (including phenoxy) is 2. The minimum atomic E-state index is -0.753. The van der Waals surface area contributed by atoms with E-state index in [1.807, 2.05) is 6.07 Å². The summed E-state index contributed by atoms with van der Waals surface area (Å²) in [6.07, 6.45) is 0.937. The van der Waals surface area contributed by atoms with Crippen molar-refractivity contribution >= 4 is 11.8 Å². The van der Waals surface area contributed by atoms with Crippen LogP contribution >= 0.6 is 0 Å². The van der Waals surface area contributed by atoms with Crippen LogP contribution in [0, 0.1) is 0 Å². The van der Waals surface area contributed by atoms with Crippen molar-refractivity contribution in [3.8, 4) is 5.75 Å². The average Bonchev–Trinajstić information content (AvgIpc) is 3.06. The van der Waals surface area contributed by atoms with Crippen LogP contribution in [-0.4, -0.2) is 23.9 Å². The predicted octanol–water partition coefficient (Wildman–Crippen LogP) is 3.02. The second kappa shape index (κ2) is 4.98. The number of carbonyl (C=O) groups excluding carboxylic acids is 1. The molecule has 1 aromatic carbocycles. The highest BCUT2D eigenvalue weighted by molar-refractivity contribution is 5.87. The van der Waals surface area contributed by atoms with Gasteiger partial charge in [0.15, 0.2) is 0 Å². The predicted molar refractivity (Wildman–Crippen MR) is 76.0 cm³/mol. The monoisotopic (exact) mass is 279 g/mol. The smallest absolute Gasteiger partial charge is 0.412 e. The summed E-state index contributed by atoms with van der Waals surface area (Å²) in [6.45, 7) is 5.40. The highest BCUT2D eigenvalue weighted by Crippen LogP contribution is 2.46. The molecule has 0 bridgehead atoms. The van der Waals surface area contributed by atoms with E-state index < -0.39 is 17.3 Å². The Balaban J connectivity index is 2.18. The maximum Gasteiger partial charge on any atom is 0.412 e. The van der Waals surface area contributed by atoms with Crippen LogP contribution in [-0.2, 0) is 10.3 Å². The number of amides is 1. The fourth-order valence-corrected chi connectivity index (χ4v) is 1.92. The lowest BCUT2D eigenvalue weighted by atomic mass is 10.1. The zero-order chi connectivity index (χ0) is 15.0. The molecule has 1 amide bonds. The first kappa shape index (κ1) is 14.7. The van der Waals surface area contributed by atoms with E-state index in [0.717, 1.165) is 18.4 Å². The zero-order valence-electron chi connectivity index (χ0n) is 12.3. The van der Waals surface area contributed by atoms with Crippen LogP contribution < -0.4 is 10.1 Å². The average molecular weight is 279 g/mol. The van der Waals surface area contributed by atoms with Gasteiger partial charge in [0.1, 0.15) is 11.4 Å². The fraction of sp³-hybridized carbons (Fsp3) is 0.533. The lowest BCUT2D eigenvalue weighted by molar-refractivity contribution is 0.0635. The summed E-state index contributed by atoms with van der Waals surface area (Å²) in [5, 5.41) is 12.8. The van der Waals surface area contributed by atoms with E-state index in [0.29, 0.717) is 11.4 Å². The van der Waals surface area contributed by atoms with Gasteiger partial charge in [0, 0.05) is 0 Å². The second-order valence-corrected chi connectivity index (χ2v) is 6.07. The molecule has 1 aliphatic carbocycles. The first-order valence-electron chi connectivity index (χ1n) is 6.64. The molecule has 110 valence electrons. The molecule has 20 heavy (non-hydrogen) atoms. The molecular formula is C15H21NO4. The largest absolute Gasteiger partial charge is 0.495 e. The van der Waals surface area contributed by atoms with Gasteiger partial charge >= 0.3 is 6.09 Å². The van der Waals surface area contributed by atoms with Crippen LogP contribution in [0.2, 0.25) is 0 Å². The van der Waals surface area contributed by atoms with E-state index in [-0.39, 0.29) is 0 Å². The zero-order valence-corrected chi connectivity index (χ0v) is 12.3. The first-order chi connectivity index (χ1) is 9.23. The summed E-state index contributed by atoms with van der Waals surface area (Å²) in [7, 11) is 1.53. The lowest BCUT2D eigenvalue weighted by Gasteiger charge is -2.21. The van der Waals surface area contributed by atoms with E-state index in [1.165, 1.54) is 7.11 Å². The minimum Gasteiger partial charge on any atom is -0.495 e. The van der Waals surface area contributed by atoms with E-state index in [9.17, 15) is 9.90 Å². The molecule has 0 unspecified atom stereocenters. The van der Waals surface area contributed by atoms with Crippen molar-refractivity contribution in [1.29, 1.82) is 0 Å². The molecule has 1 aromatic rings. The highest BCUT2D eigenvalue weighted by Gasteiger charge is 2.42. The lowest BCUT2D eigenvalue weighted by Crippen LogP contribution is -2.27. The van der Waals surface area contributed by atoms with Gasteiger partial charge in [-0.25, -0.2) is 4.79 Å². The third kappa shape index (κ3) is 3.42. The van der Waals surface area contributed by atoms with Gasteiger partial charge in [-0.05, 0) is 51.3 Å². The van der Waals surface area contributed by atoms with Gasteiger partial charge in [0.05, 0.1) is 18.4 Å². The number of nitrogens with one attached hydrogen (secondary N) is 1. The Hall–Kier alpha value is -1.75. The number of carbonyl (C=O) groups is 1. The second-order valence-electron chi connectivity index (χ2n) is 6.07. The Morgan fingerprint density at radius 3 is 2.50 bits per heavy atom. The molecule has 2 N–H and O–H groups in total. The molecular weight excluding hydrogens is 258 g/mol. The minimum absolute atomic E-state index is 0.500. The van der Waals surface area contributed by atoms with Gasteiger partial charge in [-0.3, -0.25) is 5.32 Å². The van der Waals surface area contributed by atoms with Crippen LogP contribution in [0.4, 0.5) is 10.5 Å². The summed E-state index contributed by atoms with van der Waals surface area (Å²) in [4.78, 5) is 11.8. The van der Waals surface area contributed by atoms with Crippen LogP contribution in [0.15, 0.2) is 18.2 Å². The number of hydrogen-bond acceptors (Lipinski definition) is 4. The van der Waals surface area contributed by atoms with Crippen molar-refractivity contribution in [2.75, 3.05) is 12.4 Å². The molecule has 2 rings (SSSR count). The van der Waals surface area contributed by atoms with Crippen molar-refractivity contribution in [3.63, 3.8) is 0 Å². The SMILES string of the molecule is COc1ccc(C2(O)CC2)cc1NC(=O)OC(C)(C)C. The molecule has 0 saturated heterocycles. The molecule has 1 saturated carbocycles. The molecule has 0 spiro atoms. The normalized spacial score (nSPS) is 16.4.